The lowest BCUT2D eigenvalue weighted by molar-refractivity contribution is 0.409. The van der Waals surface area contributed by atoms with E-state index in [9.17, 15) is 8.78 Å². The molecule has 1 atom stereocenters. The monoisotopic (exact) mass is 209 g/mol. The van der Waals surface area contributed by atoms with Crippen LogP contribution < -0.4 is 0 Å². The van der Waals surface area contributed by atoms with Gasteiger partial charge in [-0.1, -0.05) is 19.9 Å². The van der Waals surface area contributed by atoms with Crippen LogP contribution >= 0.6 is 0 Å². The lowest BCUT2D eigenvalue weighted by Crippen LogP contribution is -2.27. The van der Waals surface area contributed by atoms with Crippen molar-refractivity contribution in [2.24, 2.45) is 5.92 Å². The van der Waals surface area contributed by atoms with Crippen LogP contribution in [-0.2, 0) is 5.41 Å². The van der Waals surface area contributed by atoms with Crippen molar-refractivity contribution in [2.75, 3.05) is 0 Å². The van der Waals surface area contributed by atoms with Crippen LogP contribution in [0.2, 0.25) is 0 Å². The number of hydrogen-bond donors (Lipinski definition) is 0. The molecule has 1 aromatic rings. The molecular weight excluding hydrogens is 196 g/mol. The van der Waals surface area contributed by atoms with Gasteiger partial charge in [0.15, 0.2) is 0 Å². The lowest BCUT2D eigenvalue weighted by atomic mass is 9.74. The number of benzene rings is 1. The summed E-state index contributed by atoms with van der Waals surface area (Å²) in [4.78, 5) is 0. The Kier molecular flexibility index (Phi) is 3.09. The van der Waals surface area contributed by atoms with Crippen molar-refractivity contribution in [1.82, 2.24) is 0 Å². The van der Waals surface area contributed by atoms with Gasteiger partial charge in [0.2, 0.25) is 0 Å². The molecule has 0 saturated carbocycles. The van der Waals surface area contributed by atoms with Gasteiger partial charge < -0.3 is 0 Å². The van der Waals surface area contributed by atoms with Crippen LogP contribution in [0.1, 0.15) is 26.3 Å². The van der Waals surface area contributed by atoms with Crippen LogP contribution in [0.15, 0.2) is 18.2 Å². The van der Waals surface area contributed by atoms with E-state index in [1.54, 1.807) is 6.92 Å². The second-order valence-electron chi connectivity index (χ2n) is 4.09. The van der Waals surface area contributed by atoms with E-state index >= 15 is 0 Å². The summed E-state index contributed by atoms with van der Waals surface area (Å²) in [5.74, 6) is -1.32. The van der Waals surface area contributed by atoms with E-state index in [1.807, 2.05) is 13.8 Å². The molecule has 0 amide bonds. The average Bonchev–Trinajstić information content (AvgIpc) is 2.16. The molecule has 0 saturated heterocycles. The predicted molar refractivity (Wildman–Crippen MR) is 54.2 cm³/mol. The lowest BCUT2D eigenvalue weighted by Gasteiger charge is -2.26. The molecular formula is C12H13F2N. The summed E-state index contributed by atoms with van der Waals surface area (Å²) in [6, 6.07) is 5.42. The van der Waals surface area contributed by atoms with Crippen molar-refractivity contribution < 1.29 is 8.78 Å². The minimum atomic E-state index is -0.919. The Morgan fingerprint density at radius 1 is 1.33 bits per heavy atom. The smallest absolute Gasteiger partial charge is 0.130 e. The fourth-order valence-electron chi connectivity index (χ4n) is 1.41. The number of nitrogens with zero attached hydrogens (tertiary/aromatic N) is 1. The fourth-order valence-corrected chi connectivity index (χ4v) is 1.41. The quantitative estimate of drug-likeness (QED) is 0.732. The highest BCUT2D eigenvalue weighted by molar-refractivity contribution is 5.33. The normalized spacial score (nSPS) is 14.7. The number of rotatable bonds is 2. The molecule has 0 spiro atoms. The Morgan fingerprint density at radius 2 is 1.93 bits per heavy atom. The molecule has 1 nitrogen and oxygen atoms in total. The molecule has 3 heteroatoms. The van der Waals surface area contributed by atoms with Gasteiger partial charge in [-0.15, -0.1) is 0 Å². The summed E-state index contributed by atoms with van der Waals surface area (Å²) in [5.41, 5.74) is -0.668. The SMILES string of the molecule is CC(C)C(C)(C#N)c1ccc(F)cc1F. The van der Waals surface area contributed by atoms with E-state index in [1.165, 1.54) is 12.1 Å². The second kappa shape index (κ2) is 3.98. The molecule has 0 aliphatic heterocycles. The third kappa shape index (κ3) is 1.99. The van der Waals surface area contributed by atoms with E-state index in [2.05, 4.69) is 6.07 Å². The van der Waals surface area contributed by atoms with Crippen molar-refractivity contribution >= 4 is 0 Å². The maximum absolute atomic E-state index is 13.5. The van der Waals surface area contributed by atoms with Gasteiger partial charge >= 0.3 is 0 Å². The molecule has 15 heavy (non-hydrogen) atoms. The van der Waals surface area contributed by atoms with Crippen LogP contribution in [0.5, 0.6) is 0 Å². The zero-order valence-electron chi connectivity index (χ0n) is 9.01. The minimum Gasteiger partial charge on any atom is -0.207 e. The first-order chi connectivity index (χ1) is 6.91. The summed E-state index contributed by atoms with van der Waals surface area (Å²) < 4.78 is 26.2. The van der Waals surface area contributed by atoms with Crippen LogP contribution in [0.3, 0.4) is 0 Å². The highest BCUT2D eigenvalue weighted by Crippen LogP contribution is 2.33. The second-order valence-corrected chi connectivity index (χ2v) is 4.09. The molecule has 0 aliphatic rings. The fraction of sp³-hybridized carbons (Fsp3) is 0.417. The van der Waals surface area contributed by atoms with Gasteiger partial charge in [-0.05, 0) is 18.9 Å². The standard InChI is InChI=1S/C12H13F2N/c1-8(2)12(3,7-15)10-5-4-9(13)6-11(10)14/h4-6,8H,1-3H3. The maximum Gasteiger partial charge on any atom is 0.130 e. The van der Waals surface area contributed by atoms with Gasteiger partial charge in [-0.3, -0.25) is 0 Å². The average molecular weight is 209 g/mol. The molecule has 0 fully saturated rings. The summed E-state index contributed by atoms with van der Waals surface area (Å²) in [6.45, 7) is 5.34. The van der Waals surface area contributed by atoms with Crippen LogP contribution in [0, 0.1) is 28.9 Å². The first-order valence-corrected chi connectivity index (χ1v) is 4.78. The molecule has 1 unspecified atom stereocenters. The Hall–Kier alpha value is -1.43. The van der Waals surface area contributed by atoms with Crippen LogP contribution in [0.25, 0.3) is 0 Å². The molecule has 0 N–H and O–H groups in total. The van der Waals surface area contributed by atoms with Crippen LogP contribution in [-0.4, -0.2) is 0 Å². The molecule has 0 radical (unpaired) electrons. The Labute approximate surface area is 88.3 Å². The third-order valence-corrected chi connectivity index (χ3v) is 2.88. The van der Waals surface area contributed by atoms with Crippen molar-refractivity contribution in [3.8, 4) is 6.07 Å². The molecule has 0 heterocycles. The van der Waals surface area contributed by atoms with Gasteiger partial charge in [0.05, 0.1) is 11.5 Å². The van der Waals surface area contributed by atoms with Gasteiger partial charge in [-0.2, -0.15) is 5.26 Å². The van der Waals surface area contributed by atoms with Crippen molar-refractivity contribution in [3.63, 3.8) is 0 Å². The maximum atomic E-state index is 13.5. The Morgan fingerprint density at radius 3 is 2.33 bits per heavy atom. The van der Waals surface area contributed by atoms with Gasteiger partial charge in [0.1, 0.15) is 11.6 Å². The number of hydrogen-bond acceptors (Lipinski definition) is 1. The van der Waals surface area contributed by atoms with E-state index in [0.717, 1.165) is 6.07 Å². The minimum absolute atomic E-state index is 0.0394. The first-order valence-electron chi connectivity index (χ1n) is 4.78. The number of halogens is 2. The zero-order valence-corrected chi connectivity index (χ0v) is 9.01. The van der Waals surface area contributed by atoms with Crippen LogP contribution in [0.4, 0.5) is 8.78 Å². The summed E-state index contributed by atoms with van der Waals surface area (Å²) >= 11 is 0. The molecule has 0 aliphatic carbocycles. The summed E-state index contributed by atoms with van der Waals surface area (Å²) in [5, 5.41) is 9.09. The van der Waals surface area contributed by atoms with E-state index < -0.39 is 17.0 Å². The van der Waals surface area contributed by atoms with E-state index in [0.29, 0.717) is 0 Å². The molecule has 80 valence electrons. The van der Waals surface area contributed by atoms with Crippen molar-refractivity contribution in [3.05, 3.63) is 35.4 Å². The topological polar surface area (TPSA) is 23.8 Å². The first kappa shape index (κ1) is 11.6. The van der Waals surface area contributed by atoms with Crippen molar-refractivity contribution in [1.29, 1.82) is 5.26 Å². The van der Waals surface area contributed by atoms with Gasteiger partial charge in [-0.25, -0.2) is 8.78 Å². The van der Waals surface area contributed by atoms with Gasteiger partial charge in [0.25, 0.3) is 0 Å². The highest BCUT2D eigenvalue weighted by Gasteiger charge is 2.33. The highest BCUT2D eigenvalue weighted by atomic mass is 19.1. The molecule has 1 aromatic carbocycles. The Bertz CT molecular complexity index is 407. The van der Waals surface area contributed by atoms with E-state index in [-0.39, 0.29) is 11.5 Å². The molecule has 1 rings (SSSR count). The predicted octanol–water partition coefficient (Wildman–Crippen LogP) is 3.40. The van der Waals surface area contributed by atoms with Gasteiger partial charge in [0, 0.05) is 11.6 Å². The largest absolute Gasteiger partial charge is 0.207 e. The zero-order chi connectivity index (χ0) is 11.6. The molecule has 0 bridgehead atoms. The third-order valence-electron chi connectivity index (χ3n) is 2.88. The summed E-state index contributed by atoms with van der Waals surface area (Å²) in [6.07, 6.45) is 0. The Balaban J connectivity index is 3.32. The van der Waals surface area contributed by atoms with Crippen molar-refractivity contribution in [2.45, 2.75) is 26.2 Å². The summed E-state index contributed by atoms with van der Waals surface area (Å²) in [7, 11) is 0. The molecule has 0 aromatic heterocycles. The number of nitriles is 1. The van der Waals surface area contributed by atoms with E-state index in [4.69, 9.17) is 5.26 Å².